The third-order valence-electron chi connectivity index (χ3n) is 5.27. The van der Waals surface area contributed by atoms with Gasteiger partial charge >= 0.3 is 0 Å². The van der Waals surface area contributed by atoms with Crippen LogP contribution in [0.25, 0.3) is 11.3 Å². The van der Waals surface area contributed by atoms with E-state index in [0.717, 1.165) is 4.68 Å². The number of hydrogen-bond donors (Lipinski definition) is 1. The van der Waals surface area contributed by atoms with Crippen LogP contribution >= 0.6 is 11.6 Å². The minimum Gasteiger partial charge on any atom is -0.378 e. The van der Waals surface area contributed by atoms with Gasteiger partial charge in [0.2, 0.25) is 5.91 Å². The lowest BCUT2D eigenvalue weighted by atomic mass is 10.1. The summed E-state index contributed by atoms with van der Waals surface area (Å²) in [6.07, 6.45) is 0. The van der Waals surface area contributed by atoms with E-state index in [0.29, 0.717) is 31.9 Å². The summed E-state index contributed by atoms with van der Waals surface area (Å²) in [5.41, 5.74) is 0.804. The first kappa shape index (κ1) is 24.1. The van der Waals surface area contributed by atoms with E-state index in [1.807, 2.05) is 6.07 Å². The number of anilines is 1. The fourth-order valence-electron chi connectivity index (χ4n) is 3.54. The molecule has 35 heavy (non-hydrogen) atoms. The number of carbonyl (C=O) groups is 2. The highest BCUT2D eigenvalue weighted by molar-refractivity contribution is 6.30. The molecule has 2 heterocycles. The van der Waals surface area contributed by atoms with Crippen molar-refractivity contribution in [3.63, 3.8) is 0 Å². The highest BCUT2D eigenvalue weighted by Crippen LogP contribution is 2.22. The first-order valence-corrected chi connectivity index (χ1v) is 11.0. The van der Waals surface area contributed by atoms with Crippen LogP contribution in [0.15, 0.2) is 53.3 Å². The Morgan fingerprint density at radius 1 is 1.14 bits per heavy atom. The number of nitrogens with zero attached hydrogens (tertiary/aromatic N) is 4. The van der Waals surface area contributed by atoms with Crippen LogP contribution in [-0.4, -0.2) is 52.8 Å². The lowest BCUT2D eigenvalue weighted by Gasteiger charge is -2.27. The summed E-state index contributed by atoms with van der Waals surface area (Å²) in [7, 11) is 0. The van der Waals surface area contributed by atoms with Crippen molar-refractivity contribution < 1.29 is 18.7 Å². The minimum atomic E-state index is -0.638. The maximum Gasteiger partial charge on any atom is 0.267 e. The molecule has 4 rings (SSSR count). The van der Waals surface area contributed by atoms with Crippen molar-refractivity contribution in [2.24, 2.45) is 0 Å². The number of nitriles is 1. The van der Waals surface area contributed by atoms with Gasteiger partial charge in [0, 0.05) is 36.0 Å². The molecule has 0 atom stereocenters. The van der Waals surface area contributed by atoms with E-state index in [4.69, 9.17) is 16.3 Å². The summed E-state index contributed by atoms with van der Waals surface area (Å²) in [6, 6.07) is 13.1. The lowest BCUT2D eigenvalue weighted by Crippen LogP contribution is -2.40. The standard InChI is InChI=1S/C24H19ClFN5O4/c25-19-2-1-16(12-20(19)26)21-3-4-23(33)31(29-21)14-22(32)28-18-10-15(13-27)9-17(11-18)24(34)30-5-7-35-8-6-30/h1-4,9-12H,5-8,14H2,(H,28,32). The fourth-order valence-corrected chi connectivity index (χ4v) is 3.66. The number of rotatable bonds is 5. The van der Waals surface area contributed by atoms with Crippen molar-refractivity contribution in [2.75, 3.05) is 31.6 Å². The van der Waals surface area contributed by atoms with Crippen LogP contribution in [0, 0.1) is 17.1 Å². The van der Waals surface area contributed by atoms with E-state index in [9.17, 15) is 24.0 Å². The van der Waals surface area contributed by atoms with Gasteiger partial charge in [-0.25, -0.2) is 9.07 Å². The molecule has 1 saturated heterocycles. The predicted octanol–water partition coefficient (Wildman–Crippen LogP) is 2.69. The van der Waals surface area contributed by atoms with Gasteiger partial charge in [0.05, 0.1) is 35.6 Å². The number of halogens is 2. The molecule has 0 saturated carbocycles. The number of morpholine rings is 1. The molecule has 1 N–H and O–H groups in total. The van der Waals surface area contributed by atoms with Crippen LogP contribution in [-0.2, 0) is 16.1 Å². The summed E-state index contributed by atoms with van der Waals surface area (Å²) in [5, 5.41) is 16.1. The molecule has 1 aromatic heterocycles. The van der Waals surface area contributed by atoms with Gasteiger partial charge in [-0.05, 0) is 36.4 Å². The molecule has 11 heteroatoms. The zero-order valence-corrected chi connectivity index (χ0v) is 19.1. The number of aromatic nitrogens is 2. The van der Waals surface area contributed by atoms with Gasteiger partial charge < -0.3 is 15.0 Å². The third-order valence-corrected chi connectivity index (χ3v) is 5.57. The second-order valence-electron chi connectivity index (χ2n) is 7.71. The van der Waals surface area contributed by atoms with Gasteiger partial charge in [-0.15, -0.1) is 0 Å². The van der Waals surface area contributed by atoms with Crippen molar-refractivity contribution in [3.8, 4) is 17.3 Å². The summed E-state index contributed by atoms with van der Waals surface area (Å²) < 4.78 is 20.0. The van der Waals surface area contributed by atoms with Crippen LogP contribution in [0.1, 0.15) is 15.9 Å². The Hall–Kier alpha value is -4.07. The maximum absolute atomic E-state index is 13.8. The number of hydrogen-bond acceptors (Lipinski definition) is 6. The second-order valence-corrected chi connectivity index (χ2v) is 8.11. The molecule has 1 fully saturated rings. The molecule has 2 aromatic carbocycles. The van der Waals surface area contributed by atoms with Crippen molar-refractivity contribution in [1.29, 1.82) is 5.26 Å². The third kappa shape index (κ3) is 5.71. The number of benzene rings is 2. The molecular formula is C24H19ClFN5O4. The van der Waals surface area contributed by atoms with Crippen LogP contribution in [0.3, 0.4) is 0 Å². The van der Waals surface area contributed by atoms with Crippen molar-refractivity contribution in [1.82, 2.24) is 14.7 Å². The molecule has 9 nitrogen and oxygen atoms in total. The van der Waals surface area contributed by atoms with Crippen LogP contribution in [0.4, 0.5) is 10.1 Å². The molecule has 3 aromatic rings. The van der Waals surface area contributed by atoms with Gasteiger partial charge in [0.15, 0.2) is 0 Å². The van der Waals surface area contributed by atoms with Gasteiger partial charge in [0.25, 0.3) is 11.5 Å². The van der Waals surface area contributed by atoms with E-state index in [-0.39, 0.29) is 33.4 Å². The predicted molar refractivity (Wildman–Crippen MR) is 125 cm³/mol. The van der Waals surface area contributed by atoms with Crippen LogP contribution < -0.4 is 10.9 Å². The molecule has 0 spiro atoms. The normalized spacial score (nSPS) is 13.2. The fraction of sp³-hybridized carbons (Fsp3) is 0.208. The molecule has 0 unspecified atom stereocenters. The molecular weight excluding hydrogens is 477 g/mol. The van der Waals surface area contributed by atoms with Crippen LogP contribution in [0.5, 0.6) is 0 Å². The van der Waals surface area contributed by atoms with E-state index in [2.05, 4.69) is 10.4 Å². The Bertz CT molecular complexity index is 1400. The maximum atomic E-state index is 13.8. The SMILES string of the molecule is N#Cc1cc(NC(=O)Cn2nc(-c3ccc(Cl)c(F)c3)ccc2=O)cc(C(=O)N2CCOCC2)c1. The molecule has 178 valence electrons. The highest BCUT2D eigenvalue weighted by atomic mass is 35.5. The molecule has 0 bridgehead atoms. The zero-order chi connectivity index (χ0) is 24.9. The summed E-state index contributed by atoms with van der Waals surface area (Å²) in [6.45, 7) is 1.28. The van der Waals surface area contributed by atoms with Crippen molar-refractivity contribution >= 4 is 29.1 Å². The molecule has 1 aliphatic rings. The van der Waals surface area contributed by atoms with E-state index >= 15 is 0 Å². The number of carbonyl (C=O) groups excluding carboxylic acids is 2. The molecule has 0 aliphatic carbocycles. The monoisotopic (exact) mass is 495 g/mol. The van der Waals surface area contributed by atoms with Gasteiger partial charge in [0.1, 0.15) is 12.4 Å². The first-order chi connectivity index (χ1) is 16.8. The largest absolute Gasteiger partial charge is 0.378 e. The zero-order valence-electron chi connectivity index (χ0n) is 18.3. The Kier molecular flexibility index (Phi) is 7.19. The first-order valence-electron chi connectivity index (χ1n) is 10.6. The highest BCUT2D eigenvalue weighted by Gasteiger charge is 2.20. The van der Waals surface area contributed by atoms with Gasteiger partial charge in [-0.2, -0.15) is 10.4 Å². The smallest absolute Gasteiger partial charge is 0.267 e. The van der Waals surface area contributed by atoms with Crippen molar-refractivity contribution in [2.45, 2.75) is 6.54 Å². The van der Waals surface area contributed by atoms with E-state index in [1.54, 1.807) is 11.0 Å². The molecule has 2 amide bonds. The molecule has 0 radical (unpaired) electrons. The average Bonchev–Trinajstić information content (AvgIpc) is 2.86. The van der Waals surface area contributed by atoms with Crippen molar-refractivity contribution in [3.05, 3.63) is 80.9 Å². The van der Waals surface area contributed by atoms with Gasteiger partial charge in [-0.1, -0.05) is 17.7 Å². The lowest BCUT2D eigenvalue weighted by molar-refractivity contribution is -0.117. The van der Waals surface area contributed by atoms with Gasteiger partial charge in [-0.3, -0.25) is 14.4 Å². The van der Waals surface area contributed by atoms with E-state index < -0.39 is 23.8 Å². The minimum absolute atomic E-state index is 0.0486. The Morgan fingerprint density at radius 2 is 1.91 bits per heavy atom. The van der Waals surface area contributed by atoms with E-state index in [1.165, 1.54) is 42.5 Å². The number of nitrogens with one attached hydrogen (secondary N) is 1. The number of amides is 2. The Labute approximate surface area is 204 Å². The Morgan fingerprint density at radius 3 is 2.63 bits per heavy atom. The average molecular weight is 496 g/mol. The quantitative estimate of drug-likeness (QED) is 0.581. The summed E-state index contributed by atoms with van der Waals surface area (Å²) in [5.74, 6) is -1.51. The molecule has 1 aliphatic heterocycles. The number of ether oxygens (including phenoxy) is 1. The summed E-state index contributed by atoms with van der Waals surface area (Å²) in [4.78, 5) is 39.4. The Balaban J connectivity index is 1.53. The second kappa shape index (κ2) is 10.5. The summed E-state index contributed by atoms with van der Waals surface area (Å²) >= 11 is 5.71. The van der Waals surface area contributed by atoms with Crippen LogP contribution in [0.2, 0.25) is 5.02 Å². The topological polar surface area (TPSA) is 117 Å².